The minimum atomic E-state index is -0.378. The molecule has 0 amide bonds. The van der Waals surface area contributed by atoms with Crippen molar-refractivity contribution in [2.75, 3.05) is 33.8 Å². The highest BCUT2D eigenvalue weighted by atomic mass is 16.5. The van der Waals surface area contributed by atoms with Crippen molar-refractivity contribution >= 4 is 11.7 Å². The summed E-state index contributed by atoms with van der Waals surface area (Å²) in [4.78, 5) is 13.8. The number of ether oxygens (including phenoxy) is 4. The summed E-state index contributed by atoms with van der Waals surface area (Å²) in [5, 5.41) is 7.56. The molecule has 1 aliphatic heterocycles. The lowest BCUT2D eigenvalue weighted by Gasteiger charge is -2.35. The molecule has 0 spiro atoms. The topological polar surface area (TPSA) is 92.0 Å². The molecule has 2 aliphatic rings. The molecule has 0 fully saturated rings. The maximum absolute atomic E-state index is 13.8. The fourth-order valence-corrected chi connectivity index (χ4v) is 5.19. The Morgan fingerprint density at radius 2 is 1.66 bits per heavy atom. The first-order valence-electron chi connectivity index (χ1n) is 11.4. The third-order valence-corrected chi connectivity index (χ3v) is 6.88. The van der Waals surface area contributed by atoms with E-state index < -0.39 is 0 Å². The number of nitrogens with one attached hydrogen (secondary N) is 1. The molecule has 0 saturated carbocycles. The zero-order chi connectivity index (χ0) is 24.7. The molecule has 0 bridgehead atoms. The lowest BCUT2D eigenvalue weighted by Crippen LogP contribution is -2.29. The Morgan fingerprint density at radius 3 is 2.37 bits per heavy atom. The largest absolute Gasteiger partial charge is 0.497 e. The van der Waals surface area contributed by atoms with E-state index in [1.165, 1.54) is 0 Å². The molecule has 0 unspecified atom stereocenters. The number of anilines is 1. The Labute approximate surface area is 203 Å². The van der Waals surface area contributed by atoms with E-state index in [1.54, 1.807) is 28.4 Å². The van der Waals surface area contributed by atoms with Gasteiger partial charge in [0.05, 0.1) is 45.6 Å². The number of rotatable bonds is 6. The van der Waals surface area contributed by atoms with Crippen molar-refractivity contribution in [3.05, 3.63) is 70.1 Å². The molecular formula is C27H28N2O6. The number of carbonyl (C=O) groups is 1. The van der Waals surface area contributed by atoms with Gasteiger partial charge in [-0.05, 0) is 55.2 Å². The second kappa shape index (κ2) is 9.02. The summed E-state index contributed by atoms with van der Waals surface area (Å²) in [6.07, 6.45) is 1.01. The molecule has 2 heterocycles. The van der Waals surface area contributed by atoms with Gasteiger partial charge in [-0.2, -0.15) is 0 Å². The fraction of sp³-hybridized carbons (Fsp3) is 0.333. The van der Waals surface area contributed by atoms with Crippen LogP contribution in [-0.2, 0) is 4.79 Å². The second-order valence-electron chi connectivity index (χ2n) is 8.71. The summed E-state index contributed by atoms with van der Waals surface area (Å²) in [6.45, 7) is 1.88. The number of Topliss-reactive ketones (excluding diaryl/α,β-unsaturated/α-hetero) is 1. The van der Waals surface area contributed by atoms with Crippen molar-refractivity contribution in [2.45, 2.75) is 31.6 Å². The number of methoxy groups -OCH3 is 4. The van der Waals surface area contributed by atoms with Crippen LogP contribution in [-0.4, -0.2) is 39.4 Å². The predicted octanol–water partition coefficient (Wildman–Crippen LogP) is 4.98. The number of hydrogen-bond donors (Lipinski definition) is 1. The van der Waals surface area contributed by atoms with E-state index in [0.29, 0.717) is 47.3 Å². The van der Waals surface area contributed by atoms with Gasteiger partial charge in [0.2, 0.25) is 5.88 Å². The molecule has 0 saturated heterocycles. The maximum atomic E-state index is 13.8. The smallest absolute Gasteiger partial charge is 0.233 e. The molecule has 3 aromatic rings. The molecule has 1 aliphatic carbocycles. The second-order valence-corrected chi connectivity index (χ2v) is 8.71. The summed E-state index contributed by atoms with van der Waals surface area (Å²) >= 11 is 0. The van der Waals surface area contributed by atoms with Gasteiger partial charge in [-0.1, -0.05) is 11.2 Å². The van der Waals surface area contributed by atoms with E-state index in [0.717, 1.165) is 28.1 Å². The standard InChI is InChI=1S/C27H28N2O6/c1-14-24-25(18-13-17(31-2)7-9-21(18)32-3)26-19(28-27(24)35-29-14)10-16(11-20(26)30)15-6-8-22(33-4)23(12-15)34-5/h6-9,12-13,16,25,28H,10-11H2,1-5H3/t16-,25-/m1/s1. The van der Waals surface area contributed by atoms with Gasteiger partial charge in [0.1, 0.15) is 11.5 Å². The van der Waals surface area contributed by atoms with Crippen LogP contribution >= 0.6 is 0 Å². The van der Waals surface area contributed by atoms with Gasteiger partial charge in [-0.3, -0.25) is 4.79 Å². The number of fused-ring (bicyclic) bond motifs is 1. The Kier molecular flexibility index (Phi) is 5.88. The Bertz CT molecular complexity index is 1330. The van der Waals surface area contributed by atoms with Gasteiger partial charge >= 0.3 is 0 Å². The zero-order valence-electron chi connectivity index (χ0n) is 20.4. The minimum absolute atomic E-state index is 0.0213. The van der Waals surface area contributed by atoms with Crippen LogP contribution in [0.4, 0.5) is 5.88 Å². The summed E-state index contributed by atoms with van der Waals surface area (Å²) in [5.41, 5.74) is 4.97. The van der Waals surface area contributed by atoms with E-state index in [9.17, 15) is 4.79 Å². The van der Waals surface area contributed by atoms with Crippen LogP contribution in [0.25, 0.3) is 0 Å². The molecule has 182 valence electrons. The molecule has 8 heteroatoms. The van der Waals surface area contributed by atoms with Gasteiger partial charge < -0.3 is 28.8 Å². The van der Waals surface area contributed by atoms with Gasteiger partial charge in [0.25, 0.3) is 0 Å². The van der Waals surface area contributed by atoms with Gasteiger partial charge in [-0.15, -0.1) is 0 Å². The zero-order valence-corrected chi connectivity index (χ0v) is 20.4. The van der Waals surface area contributed by atoms with Crippen molar-refractivity contribution in [2.24, 2.45) is 0 Å². The first kappa shape index (κ1) is 22.8. The number of aryl methyl sites for hydroxylation is 1. The Morgan fingerprint density at radius 1 is 0.914 bits per heavy atom. The third-order valence-electron chi connectivity index (χ3n) is 6.88. The first-order valence-corrected chi connectivity index (χ1v) is 11.4. The number of allylic oxidation sites excluding steroid dienone is 2. The lowest BCUT2D eigenvalue weighted by molar-refractivity contribution is -0.116. The minimum Gasteiger partial charge on any atom is -0.497 e. The van der Waals surface area contributed by atoms with Crippen LogP contribution in [0.3, 0.4) is 0 Å². The molecule has 35 heavy (non-hydrogen) atoms. The van der Waals surface area contributed by atoms with Gasteiger partial charge in [0.15, 0.2) is 17.3 Å². The van der Waals surface area contributed by atoms with Crippen LogP contribution in [0.1, 0.15) is 47.1 Å². The molecule has 0 radical (unpaired) electrons. The average Bonchev–Trinajstić information content (AvgIpc) is 3.26. The molecule has 1 N–H and O–H groups in total. The van der Waals surface area contributed by atoms with Crippen LogP contribution in [0.15, 0.2) is 52.2 Å². The summed E-state index contributed by atoms with van der Waals surface area (Å²) in [5.74, 6) is 2.87. The normalized spacial score (nSPS) is 18.9. The fourth-order valence-electron chi connectivity index (χ4n) is 5.19. The summed E-state index contributed by atoms with van der Waals surface area (Å²) in [7, 11) is 6.46. The van der Waals surface area contributed by atoms with Gasteiger partial charge in [0, 0.05) is 23.3 Å². The molecule has 2 aromatic carbocycles. The molecule has 1 aromatic heterocycles. The molecule has 5 rings (SSSR count). The van der Waals surface area contributed by atoms with E-state index in [-0.39, 0.29) is 17.6 Å². The van der Waals surface area contributed by atoms with E-state index in [2.05, 4.69) is 10.5 Å². The number of carbonyl (C=O) groups excluding carboxylic acids is 1. The highest BCUT2D eigenvalue weighted by molar-refractivity contribution is 6.01. The van der Waals surface area contributed by atoms with Gasteiger partial charge in [-0.25, -0.2) is 0 Å². The third kappa shape index (κ3) is 3.79. The summed E-state index contributed by atoms with van der Waals surface area (Å²) in [6, 6.07) is 11.4. The van der Waals surface area contributed by atoms with Crippen molar-refractivity contribution < 1.29 is 28.3 Å². The Hall–Kier alpha value is -3.94. The molecule has 2 atom stereocenters. The average molecular weight is 477 g/mol. The Balaban J connectivity index is 1.62. The quantitative estimate of drug-likeness (QED) is 0.533. The van der Waals surface area contributed by atoms with Crippen molar-refractivity contribution in [3.8, 4) is 23.0 Å². The highest BCUT2D eigenvalue weighted by Gasteiger charge is 2.42. The first-order chi connectivity index (χ1) is 17.0. The lowest BCUT2D eigenvalue weighted by atomic mass is 9.72. The number of hydrogen-bond acceptors (Lipinski definition) is 8. The predicted molar refractivity (Wildman–Crippen MR) is 130 cm³/mol. The van der Waals surface area contributed by atoms with Crippen LogP contribution < -0.4 is 24.3 Å². The van der Waals surface area contributed by atoms with Crippen LogP contribution in [0, 0.1) is 6.92 Å². The SMILES string of the molecule is COc1ccc(OC)c([C@H]2C3=C(C[C@@H](c4ccc(OC)c(OC)c4)CC3=O)Nc3onc(C)c32)c1. The summed E-state index contributed by atoms with van der Waals surface area (Å²) < 4.78 is 27.7. The van der Waals surface area contributed by atoms with E-state index in [4.69, 9.17) is 23.5 Å². The highest BCUT2D eigenvalue weighted by Crippen LogP contribution is 2.51. The number of benzene rings is 2. The van der Waals surface area contributed by atoms with Crippen molar-refractivity contribution in [1.82, 2.24) is 5.16 Å². The number of nitrogens with zero attached hydrogens (tertiary/aromatic N) is 1. The maximum Gasteiger partial charge on any atom is 0.233 e. The number of aromatic nitrogens is 1. The molecule has 8 nitrogen and oxygen atoms in total. The van der Waals surface area contributed by atoms with E-state index >= 15 is 0 Å². The van der Waals surface area contributed by atoms with Crippen LogP contribution in [0.2, 0.25) is 0 Å². The monoisotopic (exact) mass is 476 g/mol. The van der Waals surface area contributed by atoms with E-state index in [1.807, 2.05) is 43.3 Å². The van der Waals surface area contributed by atoms with Crippen molar-refractivity contribution in [1.29, 1.82) is 0 Å². The number of ketones is 1. The molecular weight excluding hydrogens is 448 g/mol. The van der Waals surface area contributed by atoms with Crippen molar-refractivity contribution in [3.63, 3.8) is 0 Å². The van der Waals surface area contributed by atoms with Crippen LogP contribution in [0.5, 0.6) is 23.0 Å².